The summed E-state index contributed by atoms with van der Waals surface area (Å²) in [6.07, 6.45) is 4.87. The van der Waals surface area contributed by atoms with Gasteiger partial charge in [-0.1, -0.05) is 6.42 Å². The molecule has 3 heterocycles. The molecule has 7 nitrogen and oxygen atoms in total. The maximum atomic E-state index is 12.2. The molecule has 0 bridgehead atoms. The normalized spacial score (nSPS) is 30.8. The number of nitrogens with zero attached hydrogens (tertiary/aromatic N) is 3. The fourth-order valence-electron chi connectivity index (χ4n) is 4.27. The summed E-state index contributed by atoms with van der Waals surface area (Å²) in [5.74, 6) is -0.254. The second-order valence-electron chi connectivity index (χ2n) is 7.34. The highest BCUT2D eigenvalue weighted by atomic mass is 16.2. The molecule has 0 saturated carbocycles. The summed E-state index contributed by atoms with van der Waals surface area (Å²) in [6.45, 7) is 6.45. The Balaban J connectivity index is 1.42. The van der Waals surface area contributed by atoms with Gasteiger partial charge in [0.15, 0.2) is 0 Å². The highest BCUT2D eigenvalue weighted by molar-refractivity contribution is 5.99. The molecule has 3 unspecified atom stereocenters. The van der Waals surface area contributed by atoms with Gasteiger partial charge >= 0.3 is 6.03 Å². The molecular weight excluding hydrogens is 308 g/mol. The van der Waals surface area contributed by atoms with Crippen molar-refractivity contribution < 1.29 is 14.4 Å². The van der Waals surface area contributed by atoms with Gasteiger partial charge in [0, 0.05) is 38.1 Å². The van der Waals surface area contributed by atoms with E-state index < -0.39 is 0 Å². The van der Waals surface area contributed by atoms with Crippen LogP contribution in [0.25, 0.3) is 0 Å². The largest absolute Gasteiger partial charge is 0.353 e. The molecule has 3 aliphatic rings. The van der Waals surface area contributed by atoms with Crippen molar-refractivity contribution in [3.05, 3.63) is 0 Å². The van der Waals surface area contributed by atoms with E-state index in [1.165, 1.54) is 29.1 Å². The number of nitrogens with one attached hydrogen (secondary N) is 1. The summed E-state index contributed by atoms with van der Waals surface area (Å²) >= 11 is 0. The molecule has 134 valence electrons. The summed E-state index contributed by atoms with van der Waals surface area (Å²) in [4.78, 5) is 41.2. The first-order valence-corrected chi connectivity index (χ1v) is 9.10. The summed E-state index contributed by atoms with van der Waals surface area (Å²) in [7, 11) is 0. The predicted octanol–water partition coefficient (Wildman–Crippen LogP) is 0.792. The Labute approximate surface area is 143 Å². The van der Waals surface area contributed by atoms with Crippen LogP contribution in [-0.4, -0.2) is 76.8 Å². The van der Waals surface area contributed by atoms with Crippen LogP contribution in [0.1, 0.15) is 46.0 Å². The number of carbonyl (C=O) groups excluding carboxylic acids is 3. The molecule has 1 N–H and O–H groups in total. The zero-order chi connectivity index (χ0) is 17.3. The smallest absolute Gasteiger partial charge is 0.327 e. The molecule has 0 aromatic rings. The molecule has 0 aromatic heterocycles. The number of rotatable bonds is 5. The molecule has 7 heteroatoms. The second kappa shape index (κ2) is 7.09. The zero-order valence-electron chi connectivity index (χ0n) is 14.7. The van der Waals surface area contributed by atoms with Gasteiger partial charge in [-0.15, -0.1) is 0 Å². The molecule has 3 fully saturated rings. The lowest BCUT2D eigenvalue weighted by atomic mass is 9.98. The third-order valence-corrected chi connectivity index (χ3v) is 5.64. The quantitative estimate of drug-likeness (QED) is 0.806. The van der Waals surface area contributed by atoms with Crippen molar-refractivity contribution in [2.75, 3.05) is 26.2 Å². The lowest BCUT2D eigenvalue weighted by Crippen LogP contribution is -2.48. The number of hydrogen-bond donors (Lipinski definition) is 1. The third-order valence-electron chi connectivity index (χ3n) is 5.64. The molecule has 0 spiro atoms. The van der Waals surface area contributed by atoms with E-state index in [0.29, 0.717) is 38.0 Å². The number of carbonyl (C=O) groups is 3. The Morgan fingerprint density at radius 1 is 1.17 bits per heavy atom. The molecule has 0 radical (unpaired) electrons. The van der Waals surface area contributed by atoms with E-state index >= 15 is 0 Å². The van der Waals surface area contributed by atoms with E-state index in [9.17, 15) is 14.4 Å². The minimum Gasteiger partial charge on any atom is -0.353 e. The van der Waals surface area contributed by atoms with E-state index in [1.807, 2.05) is 0 Å². The van der Waals surface area contributed by atoms with Crippen LogP contribution < -0.4 is 5.32 Å². The lowest BCUT2D eigenvalue weighted by molar-refractivity contribution is -0.126. The molecule has 0 aliphatic carbocycles. The topological polar surface area (TPSA) is 73.0 Å². The number of imide groups is 1. The zero-order valence-corrected chi connectivity index (χ0v) is 14.7. The number of likely N-dealkylation sites (tertiary alicyclic amines) is 1. The molecule has 4 amide bonds. The van der Waals surface area contributed by atoms with Crippen LogP contribution in [0.4, 0.5) is 4.79 Å². The highest BCUT2D eigenvalue weighted by Gasteiger charge is 2.45. The average Bonchev–Trinajstić information content (AvgIpc) is 3.04. The van der Waals surface area contributed by atoms with Crippen molar-refractivity contribution in [2.45, 2.75) is 64.1 Å². The van der Waals surface area contributed by atoms with E-state index in [0.717, 1.165) is 6.54 Å². The molecule has 3 rings (SSSR count). The van der Waals surface area contributed by atoms with E-state index in [2.05, 4.69) is 24.1 Å². The van der Waals surface area contributed by atoms with E-state index in [4.69, 9.17) is 0 Å². The fraction of sp³-hybridized carbons (Fsp3) is 0.824. The van der Waals surface area contributed by atoms with E-state index in [1.54, 1.807) is 0 Å². The van der Waals surface area contributed by atoms with Crippen LogP contribution in [0, 0.1) is 0 Å². The Kier molecular flexibility index (Phi) is 5.08. The Morgan fingerprint density at radius 2 is 1.88 bits per heavy atom. The van der Waals surface area contributed by atoms with Crippen LogP contribution in [-0.2, 0) is 9.59 Å². The number of amides is 4. The minimum absolute atomic E-state index is 0.0344. The minimum atomic E-state index is -0.309. The standard InChI is InChI=1S/C17H28N4O3/c1-12-4-3-5-13(2)20(12)9-8-18-15(22)11-19-10-14-6-7-16(23)21(14)17(19)24/h12-14H,3-11H2,1-2H3,(H,18,22). The highest BCUT2D eigenvalue weighted by Crippen LogP contribution is 2.26. The first kappa shape index (κ1) is 17.2. The first-order valence-electron chi connectivity index (χ1n) is 9.10. The monoisotopic (exact) mass is 336 g/mol. The Bertz CT molecular complexity index is 514. The average molecular weight is 336 g/mol. The van der Waals surface area contributed by atoms with Gasteiger partial charge in [-0.2, -0.15) is 0 Å². The van der Waals surface area contributed by atoms with Gasteiger partial charge in [0.2, 0.25) is 11.8 Å². The van der Waals surface area contributed by atoms with Gasteiger partial charge in [-0.3, -0.25) is 19.4 Å². The molecule has 3 atom stereocenters. The first-order chi connectivity index (χ1) is 11.5. The van der Waals surface area contributed by atoms with Gasteiger partial charge in [0.25, 0.3) is 0 Å². The summed E-state index contributed by atoms with van der Waals surface area (Å²) in [5.41, 5.74) is 0. The molecule has 24 heavy (non-hydrogen) atoms. The molecule has 3 saturated heterocycles. The van der Waals surface area contributed by atoms with Crippen molar-refractivity contribution in [1.82, 2.24) is 20.0 Å². The molecular formula is C17H28N4O3. The van der Waals surface area contributed by atoms with Crippen molar-refractivity contribution in [3.63, 3.8) is 0 Å². The number of urea groups is 1. The van der Waals surface area contributed by atoms with Gasteiger partial charge in [0.1, 0.15) is 6.54 Å². The van der Waals surface area contributed by atoms with Gasteiger partial charge < -0.3 is 10.2 Å². The third kappa shape index (κ3) is 3.41. The Hall–Kier alpha value is -1.63. The summed E-state index contributed by atoms with van der Waals surface area (Å²) < 4.78 is 0. The van der Waals surface area contributed by atoms with Crippen LogP contribution in [0.5, 0.6) is 0 Å². The van der Waals surface area contributed by atoms with E-state index in [-0.39, 0.29) is 30.4 Å². The van der Waals surface area contributed by atoms with Crippen molar-refractivity contribution in [3.8, 4) is 0 Å². The second-order valence-corrected chi connectivity index (χ2v) is 7.34. The van der Waals surface area contributed by atoms with Crippen molar-refractivity contribution >= 4 is 17.8 Å². The maximum absolute atomic E-state index is 12.2. The predicted molar refractivity (Wildman–Crippen MR) is 89.3 cm³/mol. The SMILES string of the molecule is CC1CCCC(C)N1CCNC(=O)CN1CC2CCC(=O)N2C1=O. The van der Waals surface area contributed by atoms with Crippen LogP contribution in [0.15, 0.2) is 0 Å². The van der Waals surface area contributed by atoms with Crippen LogP contribution in [0.3, 0.4) is 0 Å². The fourth-order valence-corrected chi connectivity index (χ4v) is 4.27. The van der Waals surface area contributed by atoms with Gasteiger partial charge in [-0.25, -0.2) is 4.79 Å². The summed E-state index contributed by atoms with van der Waals surface area (Å²) in [6, 6.07) is 0.775. The van der Waals surface area contributed by atoms with Gasteiger partial charge in [-0.05, 0) is 33.1 Å². The van der Waals surface area contributed by atoms with Crippen LogP contribution >= 0.6 is 0 Å². The van der Waals surface area contributed by atoms with Crippen molar-refractivity contribution in [1.29, 1.82) is 0 Å². The molecule has 0 aromatic carbocycles. The number of fused-ring (bicyclic) bond motifs is 1. The lowest BCUT2D eigenvalue weighted by Gasteiger charge is -2.39. The van der Waals surface area contributed by atoms with Crippen LogP contribution in [0.2, 0.25) is 0 Å². The Morgan fingerprint density at radius 3 is 2.54 bits per heavy atom. The molecule has 3 aliphatic heterocycles. The number of hydrogen-bond acceptors (Lipinski definition) is 4. The number of piperidine rings is 1. The van der Waals surface area contributed by atoms with Gasteiger partial charge in [0.05, 0.1) is 6.04 Å². The maximum Gasteiger partial charge on any atom is 0.327 e. The summed E-state index contributed by atoms with van der Waals surface area (Å²) in [5, 5.41) is 2.92. The van der Waals surface area contributed by atoms with Crippen molar-refractivity contribution in [2.24, 2.45) is 0 Å².